The second-order valence-corrected chi connectivity index (χ2v) is 5.20. The van der Waals surface area contributed by atoms with Crippen molar-refractivity contribution < 1.29 is 4.39 Å². The van der Waals surface area contributed by atoms with Gasteiger partial charge in [0.25, 0.3) is 0 Å². The molecule has 1 heterocycles. The van der Waals surface area contributed by atoms with Gasteiger partial charge in [0.05, 0.1) is 11.0 Å². The van der Waals surface area contributed by atoms with Gasteiger partial charge in [-0.05, 0) is 23.8 Å². The maximum atomic E-state index is 13.3. The molecule has 0 fully saturated rings. The summed E-state index contributed by atoms with van der Waals surface area (Å²) in [6, 6.07) is 14.6. The van der Waals surface area contributed by atoms with Crippen molar-refractivity contribution in [1.29, 1.82) is 0 Å². The van der Waals surface area contributed by atoms with Crippen LogP contribution in [0.4, 0.5) is 10.3 Å². The molecule has 0 radical (unpaired) electrons. The Hall–Kier alpha value is -2.07. The standard InChI is InChI=1S/C16H15ClFN3/c17-8-9-21(11-12-4-2-1-3-5-12)16-19-14-7-6-13(18)10-15(14)20-16/h1-7,10H,8-9,11H2,(H,19,20). The van der Waals surface area contributed by atoms with Crippen LogP contribution in [0.5, 0.6) is 0 Å². The van der Waals surface area contributed by atoms with Gasteiger partial charge in [0, 0.05) is 19.0 Å². The first-order chi connectivity index (χ1) is 10.3. The van der Waals surface area contributed by atoms with Gasteiger partial charge in [-0.3, -0.25) is 0 Å². The zero-order valence-electron chi connectivity index (χ0n) is 11.4. The van der Waals surface area contributed by atoms with Gasteiger partial charge in [-0.15, -0.1) is 11.6 Å². The van der Waals surface area contributed by atoms with E-state index in [2.05, 4.69) is 27.0 Å². The number of imidazole rings is 1. The number of benzene rings is 2. The number of aromatic amines is 1. The second kappa shape index (κ2) is 6.14. The van der Waals surface area contributed by atoms with Gasteiger partial charge >= 0.3 is 0 Å². The zero-order chi connectivity index (χ0) is 14.7. The first-order valence-corrected chi connectivity index (χ1v) is 7.30. The molecule has 21 heavy (non-hydrogen) atoms. The van der Waals surface area contributed by atoms with Crippen LogP contribution in [0, 0.1) is 5.82 Å². The molecule has 0 aliphatic carbocycles. The lowest BCUT2D eigenvalue weighted by atomic mass is 10.2. The molecule has 2 aromatic carbocycles. The van der Waals surface area contributed by atoms with Crippen molar-refractivity contribution in [2.75, 3.05) is 17.3 Å². The van der Waals surface area contributed by atoms with E-state index in [1.807, 2.05) is 18.2 Å². The van der Waals surface area contributed by atoms with Gasteiger partial charge in [-0.1, -0.05) is 30.3 Å². The van der Waals surface area contributed by atoms with Crippen LogP contribution in [0.3, 0.4) is 0 Å². The van der Waals surface area contributed by atoms with Crippen LogP contribution in [-0.4, -0.2) is 22.4 Å². The van der Waals surface area contributed by atoms with E-state index >= 15 is 0 Å². The first kappa shape index (κ1) is 13.9. The van der Waals surface area contributed by atoms with Crippen molar-refractivity contribution in [1.82, 2.24) is 9.97 Å². The summed E-state index contributed by atoms with van der Waals surface area (Å²) in [5, 5.41) is 0. The molecule has 0 saturated carbocycles. The maximum Gasteiger partial charge on any atom is 0.204 e. The van der Waals surface area contributed by atoms with E-state index in [4.69, 9.17) is 11.6 Å². The molecule has 0 aliphatic rings. The lowest BCUT2D eigenvalue weighted by Gasteiger charge is -2.20. The lowest BCUT2D eigenvalue weighted by molar-refractivity contribution is 0.629. The molecule has 3 nitrogen and oxygen atoms in total. The van der Waals surface area contributed by atoms with Crippen molar-refractivity contribution in [3.8, 4) is 0 Å². The Morgan fingerprint density at radius 3 is 2.71 bits per heavy atom. The average molecular weight is 304 g/mol. The number of nitrogens with zero attached hydrogens (tertiary/aromatic N) is 2. The smallest absolute Gasteiger partial charge is 0.204 e. The minimum absolute atomic E-state index is 0.273. The van der Waals surface area contributed by atoms with E-state index in [0.29, 0.717) is 30.4 Å². The summed E-state index contributed by atoms with van der Waals surface area (Å²) in [7, 11) is 0. The molecule has 3 aromatic rings. The number of anilines is 1. The summed E-state index contributed by atoms with van der Waals surface area (Å²) >= 11 is 5.89. The molecule has 0 unspecified atom stereocenters. The van der Waals surface area contributed by atoms with Crippen molar-refractivity contribution in [2.24, 2.45) is 0 Å². The number of nitrogens with one attached hydrogen (secondary N) is 1. The van der Waals surface area contributed by atoms with Crippen molar-refractivity contribution in [3.63, 3.8) is 0 Å². The van der Waals surface area contributed by atoms with Crippen LogP contribution < -0.4 is 4.90 Å². The fraction of sp³-hybridized carbons (Fsp3) is 0.188. The number of fused-ring (bicyclic) bond motifs is 1. The average Bonchev–Trinajstić information content (AvgIpc) is 2.91. The Labute approximate surface area is 127 Å². The predicted molar refractivity (Wildman–Crippen MR) is 84.3 cm³/mol. The monoisotopic (exact) mass is 303 g/mol. The highest BCUT2D eigenvalue weighted by atomic mass is 35.5. The molecule has 1 aromatic heterocycles. The molecule has 0 saturated heterocycles. The Balaban J connectivity index is 1.91. The highest BCUT2D eigenvalue weighted by molar-refractivity contribution is 6.18. The summed E-state index contributed by atoms with van der Waals surface area (Å²) in [5.74, 6) is 0.933. The third kappa shape index (κ3) is 3.16. The molecule has 108 valence electrons. The molecule has 0 spiro atoms. The quantitative estimate of drug-likeness (QED) is 0.724. The zero-order valence-corrected chi connectivity index (χ0v) is 12.1. The maximum absolute atomic E-state index is 13.3. The van der Waals surface area contributed by atoms with Gasteiger partial charge in [0.1, 0.15) is 5.82 Å². The first-order valence-electron chi connectivity index (χ1n) is 6.76. The number of rotatable bonds is 5. The molecule has 0 amide bonds. The van der Waals surface area contributed by atoms with E-state index in [-0.39, 0.29) is 5.82 Å². The van der Waals surface area contributed by atoms with Crippen LogP contribution in [-0.2, 0) is 6.54 Å². The Bertz CT molecular complexity index is 727. The number of halogens is 2. The molecular formula is C16H15ClFN3. The van der Waals surface area contributed by atoms with E-state index in [1.54, 1.807) is 6.07 Å². The Morgan fingerprint density at radius 1 is 1.14 bits per heavy atom. The topological polar surface area (TPSA) is 31.9 Å². The van der Waals surface area contributed by atoms with E-state index in [0.717, 1.165) is 5.52 Å². The van der Waals surface area contributed by atoms with Gasteiger partial charge in [-0.2, -0.15) is 0 Å². The van der Waals surface area contributed by atoms with Gasteiger partial charge < -0.3 is 9.88 Å². The van der Waals surface area contributed by atoms with Crippen molar-refractivity contribution >= 4 is 28.6 Å². The van der Waals surface area contributed by atoms with E-state index < -0.39 is 0 Å². The SMILES string of the molecule is Fc1ccc2nc(N(CCCl)Cc3ccccc3)[nH]c2c1. The van der Waals surface area contributed by atoms with Crippen LogP contribution in [0.25, 0.3) is 11.0 Å². The van der Waals surface area contributed by atoms with Crippen molar-refractivity contribution in [3.05, 3.63) is 59.9 Å². The Kier molecular flexibility index (Phi) is 4.06. The summed E-state index contributed by atoms with van der Waals surface area (Å²) in [5.41, 5.74) is 2.62. The summed E-state index contributed by atoms with van der Waals surface area (Å²) < 4.78 is 13.3. The fourth-order valence-electron chi connectivity index (χ4n) is 2.28. The number of alkyl halides is 1. The third-order valence-corrected chi connectivity index (χ3v) is 3.47. The van der Waals surface area contributed by atoms with Crippen LogP contribution in [0.1, 0.15) is 5.56 Å². The minimum Gasteiger partial charge on any atom is -0.337 e. The molecule has 0 atom stereocenters. The third-order valence-electron chi connectivity index (χ3n) is 3.30. The highest BCUT2D eigenvalue weighted by Crippen LogP contribution is 2.20. The van der Waals surface area contributed by atoms with Crippen LogP contribution in [0.2, 0.25) is 0 Å². The number of hydrogen-bond donors (Lipinski definition) is 1. The number of hydrogen-bond acceptors (Lipinski definition) is 2. The largest absolute Gasteiger partial charge is 0.337 e. The molecule has 1 N–H and O–H groups in total. The van der Waals surface area contributed by atoms with E-state index in [1.165, 1.54) is 17.7 Å². The fourth-order valence-corrected chi connectivity index (χ4v) is 2.49. The molecule has 3 rings (SSSR count). The predicted octanol–water partition coefficient (Wildman–Crippen LogP) is 3.95. The second-order valence-electron chi connectivity index (χ2n) is 4.82. The van der Waals surface area contributed by atoms with Gasteiger partial charge in [0.15, 0.2) is 0 Å². The normalized spacial score (nSPS) is 11.0. The minimum atomic E-state index is -0.273. The summed E-state index contributed by atoms with van der Waals surface area (Å²) in [4.78, 5) is 9.73. The molecular weight excluding hydrogens is 289 g/mol. The van der Waals surface area contributed by atoms with Gasteiger partial charge in [0.2, 0.25) is 5.95 Å². The van der Waals surface area contributed by atoms with Crippen molar-refractivity contribution in [2.45, 2.75) is 6.54 Å². The summed E-state index contributed by atoms with van der Waals surface area (Å²) in [6.45, 7) is 1.37. The molecule has 5 heteroatoms. The van der Waals surface area contributed by atoms with Crippen LogP contribution in [0.15, 0.2) is 48.5 Å². The summed E-state index contributed by atoms with van der Waals surface area (Å²) in [6.07, 6.45) is 0. The number of aromatic nitrogens is 2. The number of H-pyrrole nitrogens is 1. The lowest BCUT2D eigenvalue weighted by Crippen LogP contribution is -2.25. The molecule has 0 bridgehead atoms. The highest BCUT2D eigenvalue weighted by Gasteiger charge is 2.12. The van der Waals surface area contributed by atoms with Crippen LogP contribution >= 0.6 is 11.6 Å². The van der Waals surface area contributed by atoms with Gasteiger partial charge in [-0.25, -0.2) is 9.37 Å². The van der Waals surface area contributed by atoms with E-state index in [9.17, 15) is 4.39 Å². The Morgan fingerprint density at radius 2 is 1.95 bits per heavy atom. The molecule has 0 aliphatic heterocycles.